The van der Waals surface area contributed by atoms with Crippen LogP contribution in [0.1, 0.15) is 0 Å². The molecule has 0 fully saturated rings. The Labute approximate surface area is 133 Å². The van der Waals surface area contributed by atoms with Gasteiger partial charge in [0, 0.05) is 0 Å². The smallest absolute Gasteiger partial charge is 0.354 e. The topological polar surface area (TPSA) is 141 Å². The van der Waals surface area contributed by atoms with Crippen molar-refractivity contribution in [2.75, 3.05) is 17.9 Å². The number of hydrogen-bond donors (Lipinski definition) is 3. The first-order chi connectivity index (χ1) is 11.1. The summed E-state index contributed by atoms with van der Waals surface area (Å²) in [6, 6.07) is 5.42. The molecule has 0 saturated carbocycles. The molecular formula is C12H11N7O3S. The van der Waals surface area contributed by atoms with Crippen molar-refractivity contribution in [3.63, 3.8) is 0 Å². The maximum absolute atomic E-state index is 11.2. The number of ether oxygens (including phenoxy) is 1. The minimum Gasteiger partial charge on any atom is -0.497 e. The van der Waals surface area contributed by atoms with Crippen LogP contribution in [0.3, 0.4) is 0 Å². The zero-order valence-corrected chi connectivity index (χ0v) is 12.6. The van der Waals surface area contributed by atoms with Gasteiger partial charge < -0.3 is 15.5 Å². The fraction of sp³-hybridized carbons (Fsp3) is 0.0833. The predicted octanol–water partition coefficient (Wildman–Crippen LogP) is 2.03. The van der Waals surface area contributed by atoms with Gasteiger partial charge in [0.15, 0.2) is 5.13 Å². The first-order valence-corrected chi connectivity index (χ1v) is 7.11. The van der Waals surface area contributed by atoms with Crippen molar-refractivity contribution in [1.82, 2.24) is 15.0 Å². The molecule has 0 saturated heterocycles. The Morgan fingerprint density at radius 1 is 1.35 bits per heavy atom. The van der Waals surface area contributed by atoms with Gasteiger partial charge in [-0.15, -0.1) is 0 Å². The SMILES string of the molecule is COc1ccc2nc(Nc3ncnc(NN)c3[N+](=O)[O-])sc2c1. The molecule has 2 aromatic heterocycles. The summed E-state index contributed by atoms with van der Waals surface area (Å²) in [6.45, 7) is 0. The van der Waals surface area contributed by atoms with Crippen LogP contribution >= 0.6 is 11.3 Å². The number of nitrogen functional groups attached to an aromatic ring is 1. The molecule has 0 spiro atoms. The van der Waals surface area contributed by atoms with Gasteiger partial charge in [0.1, 0.15) is 12.1 Å². The summed E-state index contributed by atoms with van der Waals surface area (Å²) < 4.78 is 6.03. The van der Waals surface area contributed by atoms with E-state index >= 15 is 0 Å². The Bertz CT molecular complexity index is 882. The first-order valence-electron chi connectivity index (χ1n) is 6.30. The Morgan fingerprint density at radius 2 is 2.13 bits per heavy atom. The maximum Gasteiger partial charge on any atom is 0.354 e. The van der Waals surface area contributed by atoms with Gasteiger partial charge in [-0.3, -0.25) is 10.1 Å². The summed E-state index contributed by atoms with van der Waals surface area (Å²) in [6.07, 6.45) is 1.17. The standard InChI is InChI=1S/C12H11N7O3S/c1-22-6-2-3-7-8(4-6)23-12(16-7)17-10-9(19(20)21)11(18-13)15-5-14-10/h2-5H,13H2,1H3,(H2,14,15,16,17,18). The van der Waals surface area contributed by atoms with Crippen LogP contribution in [0.15, 0.2) is 24.5 Å². The van der Waals surface area contributed by atoms with Crippen molar-refractivity contribution < 1.29 is 9.66 Å². The number of anilines is 3. The number of thiazole rings is 1. The van der Waals surface area contributed by atoms with Crippen molar-refractivity contribution in [2.45, 2.75) is 0 Å². The van der Waals surface area contributed by atoms with Gasteiger partial charge in [0.05, 0.1) is 22.2 Å². The summed E-state index contributed by atoms with van der Waals surface area (Å²) in [4.78, 5) is 22.6. The number of rotatable bonds is 5. The number of methoxy groups -OCH3 is 1. The van der Waals surface area contributed by atoms with Gasteiger partial charge in [0.2, 0.25) is 11.6 Å². The molecular weight excluding hydrogens is 322 g/mol. The van der Waals surface area contributed by atoms with Gasteiger partial charge in [-0.25, -0.2) is 20.8 Å². The number of hydrazine groups is 1. The molecule has 10 nitrogen and oxygen atoms in total. The third-order valence-electron chi connectivity index (χ3n) is 2.96. The average Bonchev–Trinajstić information content (AvgIpc) is 2.95. The largest absolute Gasteiger partial charge is 0.497 e. The van der Waals surface area contributed by atoms with Gasteiger partial charge in [-0.05, 0) is 18.2 Å². The number of benzene rings is 1. The van der Waals surface area contributed by atoms with Gasteiger partial charge >= 0.3 is 5.69 Å². The van der Waals surface area contributed by atoms with Crippen LogP contribution in [0, 0.1) is 10.1 Å². The molecule has 0 bridgehead atoms. The second kappa shape index (κ2) is 5.98. The lowest BCUT2D eigenvalue weighted by molar-refractivity contribution is -0.383. The zero-order chi connectivity index (χ0) is 16.4. The summed E-state index contributed by atoms with van der Waals surface area (Å²) in [5.41, 5.74) is 2.57. The molecule has 11 heteroatoms. The normalized spacial score (nSPS) is 10.5. The Kier molecular flexibility index (Phi) is 3.87. The van der Waals surface area contributed by atoms with Crippen molar-refractivity contribution >= 4 is 44.0 Å². The lowest BCUT2D eigenvalue weighted by Gasteiger charge is -2.05. The molecule has 2 heterocycles. The number of nitrogens with zero attached hydrogens (tertiary/aromatic N) is 4. The van der Waals surface area contributed by atoms with E-state index in [-0.39, 0.29) is 17.3 Å². The van der Waals surface area contributed by atoms with Gasteiger partial charge in [-0.1, -0.05) is 11.3 Å². The predicted molar refractivity (Wildman–Crippen MR) is 86.0 cm³/mol. The Balaban J connectivity index is 2.00. The molecule has 4 N–H and O–H groups in total. The van der Waals surface area contributed by atoms with Crippen LogP contribution in [-0.4, -0.2) is 27.0 Å². The third-order valence-corrected chi connectivity index (χ3v) is 3.90. The lowest BCUT2D eigenvalue weighted by atomic mass is 10.3. The molecule has 0 atom stereocenters. The summed E-state index contributed by atoms with van der Waals surface area (Å²) in [5, 5.41) is 14.5. The van der Waals surface area contributed by atoms with Gasteiger partial charge in [0.25, 0.3) is 0 Å². The molecule has 3 rings (SSSR count). The quantitative estimate of drug-likeness (QED) is 0.363. The summed E-state index contributed by atoms with van der Waals surface area (Å²) in [7, 11) is 1.58. The fourth-order valence-corrected chi connectivity index (χ4v) is 2.83. The Morgan fingerprint density at radius 3 is 2.83 bits per heavy atom. The van der Waals surface area contributed by atoms with E-state index in [4.69, 9.17) is 10.6 Å². The number of nitro groups is 1. The van der Waals surface area contributed by atoms with E-state index in [1.54, 1.807) is 19.2 Å². The molecule has 3 aromatic rings. The maximum atomic E-state index is 11.2. The van der Waals surface area contributed by atoms with Crippen LogP contribution in [0.2, 0.25) is 0 Å². The minimum absolute atomic E-state index is 0.00368. The molecule has 0 radical (unpaired) electrons. The zero-order valence-electron chi connectivity index (χ0n) is 11.8. The molecule has 23 heavy (non-hydrogen) atoms. The van der Waals surface area contributed by atoms with Crippen LogP contribution in [0.25, 0.3) is 10.2 Å². The van der Waals surface area contributed by atoms with Crippen LogP contribution < -0.4 is 21.3 Å². The van der Waals surface area contributed by atoms with E-state index < -0.39 is 4.92 Å². The van der Waals surface area contributed by atoms with E-state index in [1.807, 2.05) is 6.07 Å². The van der Waals surface area contributed by atoms with E-state index in [0.717, 1.165) is 10.2 Å². The van der Waals surface area contributed by atoms with Crippen LogP contribution in [0.4, 0.5) is 22.5 Å². The van der Waals surface area contributed by atoms with E-state index in [9.17, 15) is 10.1 Å². The lowest BCUT2D eigenvalue weighted by Crippen LogP contribution is -2.12. The highest BCUT2D eigenvalue weighted by Gasteiger charge is 2.23. The highest BCUT2D eigenvalue weighted by Crippen LogP contribution is 2.34. The molecule has 1 aromatic carbocycles. The second-order valence-electron chi connectivity index (χ2n) is 4.30. The van der Waals surface area contributed by atoms with Crippen molar-refractivity contribution in [2.24, 2.45) is 5.84 Å². The molecule has 0 unspecified atom stereocenters. The van der Waals surface area contributed by atoms with Crippen LogP contribution in [0.5, 0.6) is 5.75 Å². The number of nitrogens with one attached hydrogen (secondary N) is 2. The molecule has 118 valence electrons. The average molecular weight is 333 g/mol. The third kappa shape index (κ3) is 2.82. The number of fused-ring (bicyclic) bond motifs is 1. The Hall–Kier alpha value is -3.05. The highest BCUT2D eigenvalue weighted by molar-refractivity contribution is 7.22. The molecule has 0 amide bonds. The van der Waals surface area contributed by atoms with E-state index in [1.165, 1.54) is 17.7 Å². The molecule has 0 aliphatic heterocycles. The van der Waals surface area contributed by atoms with E-state index in [0.29, 0.717) is 10.9 Å². The first kappa shape index (κ1) is 14.9. The number of hydrogen-bond acceptors (Lipinski definition) is 10. The monoisotopic (exact) mass is 333 g/mol. The summed E-state index contributed by atoms with van der Waals surface area (Å²) >= 11 is 1.32. The van der Waals surface area contributed by atoms with Crippen LogP contribution in [-0.2, 0) is 0 Å². The van der Waals surface area contributed by atoms with Gasteiger partial charge in [-0.2, -0.15) is 0 Å². The van der Waals surface area contributed by atoms with Crippen molar-refractivity contribution in [1.29, 1.82) is 0 Å². The summed E-state index contributed by atoms with van der Waals surface area (Å²) in [5.74, 6) is 5.86. The van der Waals surface area contributed by atoms with Crippen molar-refractivity contribution in [3.8, 4) is 5.75 Å². The number of aromatic nitrogens is 3. The highest BCUT2D eigenvalue weighted by atomic mass is 32.1. The molecule has 0 aliphatic rings. The molecule has 0 aliphatic carbocycles. The second-order valence-corrected chi connectivity index (χ2v) is 5.33. The minimum atomic E-state index is -0.617. The fourth-order valence-electron chi connectivity index (χ4n) is 1.94. The number of nitrogens with two attached hydrogens (primary N) is 1. The van der Waals surface area contributed by atoms with E-state index in [2.05, 4.69) is 25.7 Å². The van der Waals surface area contributed by atoms with Crippen molar-refractivity contribution in [3.05, 3.63) is 34.6 Å².